The molecule has 0 fully saturated rings. The van der Waals surface area contributed by atoms with Gasteiger partial charge in [-0.3, -0.25) is 0 Å². The van der Waals surface area contributed by atoms with Crippen molar-refractivity contribution in [1.82, 2.24) is 4.72 Å². The molecule has 0 aliphatic heterocycles. The highest BCUT2D eigenvalue weighted by molar-refractivity contribution is 9.10. The molecule has 0 saturated carbocycles. The fraction of sp³-hybridized carbons (Fsp3) is 0.231. The van der Waals surface area contributed by atoms with Crippen LogP contribution in [-0.2, 0) is 23.2 Å². The average molecular weight is 455 g/mol. The molecule has 1 aromatic heterocycles. The zero-order valence-electron chi connectivity index (χ0n) is 11.1. The van der Waals surface area contributed by atoms with Gasteiger partial charge in [0, 0.05) is 25.7 Å². The second kappa shape index (κ2) is 6.89. The van der Waals surface area contributed by atoms with Crippen LogP contribution in [0.15, 0.2) is 37.4 Å². The first-order valence-electron chi connectivity index (χ1n) is 5.96. The topological polar surface area (TPSA) is 66.4 Å². The second-order valence-electron chi connectivity index (χ2n) is 4.44. The fourth-order valence-electron chi connectivity index (χ4n) is 1.79. The van der Waals surface area contributed by atoms with E-state index in [1.165, 1.54) is 17.4 Å². The van der Waals surface area contributed by atoms with Crippen molar-refractivity contribution in [1.29, 1.82) is 0 Å². The highest BCUT2D eigenvalue weighted by Gasteiger charge is 2.20. The van der Waals surface area contributed by atoms with Crippen molar-refractivity contribution in [2.24, 2.45) is 0 Å². The van der Waals surface area contributed by atoms with E-state index in [0.29, 0.717) is 10.0 Å². The van der Waals surface area contributed by atoms with Crippen molar-refractivity contribution in [2.45, 2.75) is 25.0 Å². The van der Waals surface area contributed by atoms with Crippen molar-refractivity contribution >= 4 is 53.2 Å². The fourth-order valence-corrected chi connectivity index (χ4v) is 5.34. The molecule has 0 saturated heterocycles. The minimum atomic E-state index is -3.65. The SMILES string of the molecule is Cc1cc(CO)cc(S(=O)(=O)NCc2cc(Br)cs2)c1Br. The number of aliphatic hydroxyl groups is 1. The van der Waals surface area contributed by atoms with Crippen LogP contribution in [0.2, 0.25) is 0 Å². The Kier molecular flexibility index (Phi) is 5.61. The lowest BCUT2D eigenvalue weighted by Gasteiger charge is -2.11. The van der Waals surface area contributed by atoms with Gasteiger partial charge in [0.2, 0.25) is 10.0 Å². The lowest BCUT2D eigenvalue weighted by Crippen LogP contribution is -2.23. The number of aliphatic hydroxyl groups excluding tert-OH is 1. The normalized spacial score (nSPS) is 11.8. The molecule has 0 aliphatic carbocycles. The van der Waals surface area contributed by atoms with Crippen LogP contribution in [0.5, 0.6) is 0 Å². The van der Waals surface area contributed by atoms with Gasteiger partial charge in [-0.05, 0) is 62.0 Å². The Bertz CT molecular complexity index is 757. The Hall–Kier alpha value is -0.250. The maximum Gasteiger partial charge on any atom is 0.242 e. The monoisotopic (exact) mass is 453 g/mol. The molecule has 0 aliphatic rings. The molecule has 2 rings (SSSR count). The van der Waals surface area contributed by atoms with Gasteiger partial charge in [0.25, 0.3) is 0 Å². The third-order valence-electron chi connectivity index (χ3n) is 2.81. The maximum absolute atomic E-state index is 12.4. The largest absolute Gasteiger partial charge is 0.392 e. The minimum absolute atomic E-state index is 0.141. The van der Waals surface area contributed by atoms with Crippen molar-refractivity contribution in [3.63, 3.8) is 0 Å². The second-order valence-corrected chi connectivity index (χ2v) is 8.88. The van der Waals surface area contributed by atoms with E-state index in [0.717, 1.165) is 14.9 Å². The van der Waals surface area contributed by atoms with Gasteiger partial charge in [0.1, 0.15) is 0 Å². The summed E-state index contributed by atoms with van der Waals surface area (Å²) in [6.07, 6.45) is 0. The van der Waals surface area contributed by atoms with E-state index in [9.17, 15) is 13.5 Å². The van der Waals surface area contributed by atoms with Crippen molar-refractivity contribution in [3.8, 4) is 0 Å². The molecule has 4 nitrogen and oxygen atoms in total. The van der Waals surface area contributed by atoms with Crippen LogP contribution >= 0.6 is 43.2 Å². The van der Waals surface area contributed by atoms with Crippen LogP contribution in [0.4, 0.5) is 0 Å². The average Bonchev–Trinajstić information content (AvgIpc) is 2.85. The predicted octanol–water partition coefficient (Wildman–Crippen LogP) is 3.55. The first kappa shape index (κ1) is 17.1. The predicted molar refractivity (Wildman–Crippen MR) is 90.8 cm³/mol. The smallest absolute Gasteiger partial charge is 0.242 e. The van der Waals surface area contributed by atoms with E-state index in [4.69, 9.17) is 0 Å². The maximum atomic E-state index is 12.4. The number of thiophene rings is 1. The van der Waals surface area contributed by atoms with Gasteiger partial charge in [-0.1, -0.05) is 6.07 Å². The molecule has 2 N–H and O–H groups in total. The molecule has 21 heavy (non-hydrogen) atoms. The molecule has 0 amide bonds. The third kappa shape index (κ3) is 4.14. The quantitative estimate of drug-likeness (QED) is 0.725. The van der Waals surface area contributed by atoms with Crippen LogP contribution in [0, 0.1) is 6.92 Å². The summed E-state index contributed by atoms with van der Waals surface area (Å²) in [6.45, 7) is 1.82. The molecule has 1 heterocycles. The molecule has 114 valence electrons. The van der Waals surface area contributed by atoms with Crippen LogP contribution in [0.3, 0.4) is 0 Å². The lowest BCUT2D eigenvalue weighted by molar-refractivity contribution is 0.281. The highest BCUT2D eigenvalue weighted by Crippen LogP contribution is 2.28. The number of halogens is 2. The number of rotatable bonds is 5. The van der Waals surface area contributed by atoms with Crippen molar-refractivity contribution in [3.05, 3.63) is 48.5 Å². The summed E-state index contributed by atoms with van der Waals surface area (Å²) < 4.78 is 28.9. The Morgan fingerprint density at radius 3 is 2.57 bits per heavy atom. The summed E-state index contributed by atoms with van der Waals surface area (Å²) in [4.78, 5) is 1.05. The number of hydrogen-bond donors (Lipinski definition) is 2. The van der Waals surface area contributed by atoms with Gasteiger partial charge in [-0.15, -0.1) is 11.3 Å². The summed E-state index contributed by atoms with van der Waals surface area (Å²) in [7, 11) is -3.65. The molecule has 0 atom stereocenters. The summed E-state index contributed by atoms with van der Waals surface area (Å²) in [6, 6.07) is 5.10. The van der Waals surface area contributed by atoms with Crippen molar-refractivity contribution < 1.29 is 13.5 Å². The van der Waals surface area contributed by atoms with E-state index in [2.05, 4.69) is 36.6 Å². The number of benzene rings is 1. The number of aryl methyl sites for hydroxylation is 1. The summed E-state index contributed by atoms with van der Waals surface area (Å²) in [5.74, 6) is 0. The molecule has 0 bridgehead atoms. The number of hydrogen-bond acceptors (Lipinski definition) is 4. The third-order valence-corrected chi connectivity index (χ3v) is 7.25. The van der Waals surface area contributed by atoms with Crippen LogP contribution in [0.1, 0.15) is 16.0 Å². The van der Waals surface area contributed by atoms with E-state index in [1.54, 1.807) is 13.0 Å². The van der Waals surface area contributed by atoms with Crippen molar-refractivity contribution in [2.75, 3.05) is 0 Å². The first-order valence-corrected chi connectivity index (χ1v) is 9.91. The van der Waals surface area contributed by atoms with Crippen LogP contribution in [0.25, 0.3) is 0 Å². The van der Waals surface area contributed by atoms with Gasteiger partial charge in [0.05, 0.1) is 11.5 Å². The van der Waals surface area contributed by atoms with Crippen LogP contribution in [-0.4, -0.2) is 13.5 Å². The standard InChI is InChI=1S/C13H13Br2NO3S2/c1-8-2-9(6-17)3-12(13(8)15)21(18,19)16-5-11-4-10(14)7-20-11/h2-4,7,16-17H,5-6H2,1H3. The minimum Gasteiger partial charge on any atom is -0.392 e. The Morgan fingerprint density at radius 1 is 1.29 bits per heavy atom. The summed E-state index contributed by atoms with van der Waals surface area (Å²) in [5, 5.41) is 11.1. The molecule has 8 heteroatoms. The molecule has 0 spiro atoms. The molecule has 0 radical (unpaired) electrons. The lowest BCUT2D eigenvalue weighted by atomic mass is 10.1. The highest BCUT2D eigenvalue weighted by atomic mass is 79.9. The Morgan fingerprint density at radius 2 is 2.00 bits per heavy atom. The molecule has 2 aromatic rings. The summed E-state index contributed by atoms with van der Waals surface area (Å²) >= 11 is 8.11. The zero-order chi connectivity index (χ0) is 15.6. The van der Waals surface area contributed by atoms with Crippen LogP contribution < -0.4 is 4.72 Å². The number of sulfonamides is 1. The van der Waals surface area contributed by atoms with E-state index < -0.39 is 10.0 Å². The summed E-state index contributed by atoms with van der Waals surface area (Å²) in [5.41, 5.74) is 1.33. The molecule has 1 aromatic carbocycles. The van der Waals surface area contributed by atoms with Gasteiger partial charge < -0.3 is 5.11 Å². The van der Waals surface area contributed by atoms with Gasteiger partial charge in [-0.2, -0.15) is 0 Å². The van der Waals surface area contributed by atoms with E-state index in [1.807, 2.05) is 11.4 Å². The Labute approximate surface area is 144 Å². The molecule has 0 unspecified atom stereocenters. The Balaban J connectivity index is 2.29. The van der Waals surface area contributed by atoms with Gasteiger partial charge >= 0.3 is 0 Å². The van der Waals surface area contributed by atoms with E-state index in [-0.39, 0.29) is 18.0 Å². The van der Waals surface area contributed by atoms with Gasteiger partial charge in [-0.25, -0.2) is 13.1 Å². The van der Waals surface area contributed by atoms with Gasteiger partial charge in [0.15, 0.2) is 0 Å². The number of nitrogens with one attached hydrogen (secondary N) is 1. The first-order chi connectivity index (χ1) is 9.83. The molecular weight excluding hydrogens is 442 g/mol. The van der Waals surface area contributed by atoms with E-state index >= 15 is 0 Å². The molecular formula is C13H13Br2NO3S2. The zero-order valence-corrected chi connectivity index (χ0v) is 15.9.